The van der Waals surface area contributed by atoms with Crippen LogP contribution in [-0.4, -0.2) is 16.9 Å². The normalized spacial score (nSPS) is 15.2. The number of rotatable bonds is 4. The van der Waals surface area contributed by atoms with E-state index in [0.717, 1.165) is 5.69 Å². The molecule has 120 valence electrons. The molecule has 4 nitrogen and oxygen atoms in total. The van der Waals surface area contributed by atoms with Gasteiger partial charge in [0.15, 0.2) is 0 Å². The number of nitrogens with one attached hydrogen (secondary N) is 2. The molecule has 0 spiro atoms. The zero-order valence-electron chi connectivity index (χ0n) is 12.9. The molecule has 1 aliphatic rings. The SMILES string of the molecule is O=C(Nc1ccc(Cl)cc1)c1cncc(NC2CCCCC2)c1. The van der Waals surface area contributed by atoms with Gasteiger partial charge in [-0.1, -0.05) is 30.9 Å². The van der Waals surface area contributed by atoms with Crippen molar-refractivity contribution in [1.82, 2.24) is 4.98 Å². The number of anilines is 2. The van der Waals surface area contributed by atoms with Crippen LogP contribution in [0.25, 0.3) is 0 Å². The van der Waals surface area contributed by atoms with Crippen molar-refractivity contribution in [1.29, 1.82) is 0 Å². The molecule has 1 aromatic heterocycles. The monoisotopic (exact) mass is 329 g/mol. The molecule has 0 unspecified atom stereocenters. The average Bonchev–Trinajstić information content (AvgIpc) is 2.58. The number of aromatic nitrogens is 1. The van der Waals surface area contributed by atoms with E-state index in [9.17, 15) is 4.79 Å². The maximum absolute atomic E-state index is 12.3. The molecular weight excluding hydrogens is 310 g/mol. The highest BCUT2D eigenvalue weighted by Gasteiger charge is 2.14. The Morgan fingerprint density at radius 2 is 1.78 bits per heavy atom. The lowest BCUT2D eigenvalue weighted by atomic mass is 9.95. The van der Waals surface area contributed by atoms with Gasteiger partial charge in [-0.05, 0) is 43.2 Å². The summed E-state index contributed by atoms with van der Waals surface area (Å²) in [4.78, 5) is 16.5. The number of benzene rings is 1. The Morgan fingerprint density at radius 3 is 2.52 bits per heavy atom. The zero-order valence-corrected chi connectivity index (χ0v) is 13.6. The first-order valence-corrected chi connectivity index (χ1v) is 8.37. The molecule has 1 saturated carbocycles. The third kappa shape index (κ3) is 4.45. The summed E-state index contributed by atoms with van der Waals surface area (Å²) in [5.74, 6) is -0.174. The largest absolute Gasteiger partial charge is 0.381 e. The maximum Gasteiger partial charge on any atom is 0.257 e. The first-order chi connectivity index (χ1) is 11.2. The fraction of sp³-hybridized carbons (Fsp3) is 0.333. The first-order valence-electron chi connectivity index (χ1n) is 7.99. The molecule has 1 heterocycles. The lowest BCUT2D eigenvalue weighted by Crippen LogP contribution is -2.22. The molecule has 2 aromatic rings. The smallest absolute Gasteiger partial charge is 0.257 e. The van der Waals surface area contributed by atoms with Crippen molar-refractivity contribution in [2.75, 3.05) is 10.6 Å². The van der Waals surface area contributed by atoms with Gasteiger partial charge in [0, 0.05) is 29.1 Å². The van der Waals surface area contributed by atoms with Gasteiger partial charge in [-0.3, -0.25) is 9.78 Å². The highest BCUT2D eigenvalue weighted by Crippen LogP contribution is 2.22. The Hall–Kier alpha value is -2.07. The van der Waals surface area contributed by atoms with Gasteiger partial charge in [-0.15, -0.1) is 0 Å². The summed E-state index contributed by atoms with van der Waals surface area (Å²) < 4.78 is 0. The standard InChI is InChI=1S/C18H20ClN3O/c19-14-6-8-16(9-7-14)22-18(23)13-10-17(12-20-11-13)21-15-4-2-1-3-5-15/h6-12,15,21H,1-5H2,(H,22,23). The van der Waals surface area contributed by atoms with Crippen LogP contribution >= 0.6 is 11.6 Å². The van der Waals surface area contributed by atoms with Crippen molar-refractivity contribution in [2.24, 2.45) is 0 Å². The summed E-state index contributed by atoms with van der Waals surface area (Å²) in [5, 5.41) is 6.98. The van der Waals surface area contributed by atoms with E-state index in [1.807, 2.05) is 6.07 Å². The van der Waals surface area contributed by atoms with Gasteiger partial charge < -0.3 is 10.6 Å². The number of halogens is 1. The van der Waals surface area contributed by atoms with Gasteiger partial charge in [-0.2, -0.15) is 0 Å². The molecule has 0 atom stereocenters. The molecule has 3 rings (SSSR count). The van der Waals surface area contributed by atoms with E-state index in [-0.39, 0.29) is 5.91 Å². The fourth-order valence-electron chi connectivity index (χ4n) is 2.86. The first kappa shape index (κ1) is 15.8. The molecular formula is C18H20ClN3O. The lowest BCUT2D eigenvalue weighted by Gasteiger charge is -2.23. The Kier molecular flexibility index (Phi) is 5.13. The minimum atomic E-state index is -0.174. The molecule has 1 aliphatic carbocycles. The van der Waals surface area contributed by atoms with Crippen LogP contribution in [0.2, 0.25) is 5.02 Å². The summed E-state index contributed by atoms with van der Waals surface area (Å²) in [5.41, 5.74) is 2.16. The third-order valence-corrected chi connectivity index (χ3v) is 4.33. The van der Waals surface area contributed by atoms with Crippen LogP contribution in [0.3, 0.4) is 0 Å². The number of carbonyl (C=O) groups excluding carboxylic acids is 1. The highest BCUT2D eigenvalue weighted by molar-refractivity contribution is 6.30. The van der Waals surface area contributed by atoms with Gasteiger partial charge in [0.1, 0.15) is 0 Å². The van der Waals surface area contributed by atoms with Crippen LogP contribution in [0, 0.1) is 0 Å². The second-order valence-corrected chi connectivity index (χ2v) is 6.34. The molecule has 1 fully saturated rings. The minimum Gasteiger partial charge on any atom is -0.381 e. The Bertz CT molecular complexity index is 666. The highest BCUT2D eigenvalue weighted by atomic mass is 35.5. The summed E-state index contributed by atoms with van der Waals surface area (Å²) in [6.45, 7) is 0. The van der Waals surface area contributed by atoms with Gasteiger partial charge in [0.25, 0.3) is 5.91 Å². The lowest BCUT2D eigenvalue weighted by molar-refractivity contribution is 0.102. The number of hydrogen-bond acceptors (Lipinski definition) is 3. The molecule has 0 aliphatic heterocycles. The van der Waals surface area contributed by atoms with Crippen molar-refractivity contribution < 1.29 is 4.79 Å². The van der Waals surface area contributed by atoms with E-state index in [0.29, 0.717) is 22.3 Å². The number of pyridine rings is 1. The van der Waals surface area contributed by atoms with Crippen LogP contribution in [0.15, 0.2) is 42.7 Å². The molecule has 5 heteroatoms. The second-order valence-electron chi connectivity index (χ2n) is 5.90. The maximum atomic E-state index is 12.3. The van der Waals surface area contributed by atoms with Crippen LogP contribution in [0.1, 0.15) is 42.5 Å². The number of carbonyl (C=O) groups is 1. The summed E-state index contributed by atoms with van der Waals surface area (Å²) in [7, 11) is 0. The average molecular weight is 330 g/mol. The van der Waals surface area contributed by atoms with E-state index < -0.39 is 0 Å². The molecule has 0 bridgehead atoms. The predicted octanol–water partition coefficient (Wildman–Crippen LogP) is 4.73. The Morgan fingerprint density at radius 1 is 1.04 bits per heavy atom. The van der Waals surface area contributed by atoms with E-state index >= 15 is 0 Å². The number of hydrogen-bond donors (Lipinski definition) is 2. The molecule has 0 radical (unpaired) electrons. The summed E-state index contributed by atoms with van der Waals surface area (Å²) in [6.07, 6.45) is 9.57. The van der Waals surface area contributed by atoms with Gasteiger partial charge in [0.05, 0.1) is 11.3 Å². The summed E-state index contributed by atoms with van der Waals surface area (Å²) in [6, 6.07) is 9.38. The van der Waals surface area contributed by atoms with Crippen molar-refractivity contribution in [3.05, 3.63) is 53.3 Å². The third-order valence-electron chi connectivity index (χ3n) is 4.08. The van der Waals surface area contributed by atoms with Crippen molar-refractivity contribution >= 4 is 28.9 Å². The summed E-state index contributed by atoms with van der Waals surface area (Å²) >= 11 is 5.85. The van der Waals surface area contributed by atoms with Gasteiger partial charge in [0.2, 0.25) is 0 Å². The van der Waals surface area contributed by atoms with E-state index in [1.165, 1.54) is 32.1 Å². The van der Waals surface area contributed by atoms with E-state index in [4.69, 9.17) is 11.6 Å². The van der Waals surface area contributed by atoms with Crippen LogP contribution in [0.4, 0.5) is 11.4 Å². The molecule has 23 heavy (non-hydrogen) atoms. The van der Waals surface area contributed by atoms with Crippen molar-refractivity contribution in [2.45, 2.75) is 38.1 Å². The van der Waals surface area contributed by atoms with E-state index in [1.54, 1.807) is 36.7 Å². The van der Waals surface area contributed by atoms with Gasteiger partial charge >= 0.3 is 0 Å². The van der Waals surface area contributed by atoms with E-state index in [2.05, 4.69) is 15.6 Å². The van der Waals surface area contributed by atoms with Crippen LogP contribution < -0.4 is 10.6 Å². The van der Waals surface area contributed by atoms with Crippen LogP contribution in [-0.2, 0) is 0 Å². The quantitative estimate of drug-likeness (QED) is 0.852. The molecule has 1 aromatic carbocycles. The number of amides is 1. The van der Waals surface area contributed by atoms with Crippen molar-refractivity contribution in [3.63, 3.8) is 0 Å². The fourth-order valence-corrected chi connectivity index (χ4v) is 2.99. The topological polar surface area (TPSA) is 54.0 Å². The minimum absolute atomic E-state index is 0.174. The number of nitrogens with zero attached hydrogens (tertiary/aromatic N) is 1. The predicted molar refractivity (Wildman–Crippen MR) is 94.1 cm³/mol. The second kappa shape index (κ2) is 7.47. The van der Waals surface area contributed by atoms with Crippen molar-refractivity contribution in [3.8, 4) is 0 Å². The zero-order chi connectivity index (χ0) is 16.1. The molecule has 1 amide bonds. The Balaban J connectivity index is 1.66. The molecule has 2 N–H and O–H groups in total. The van der Waals surface area contributed by atoms with Gasteiger partial charge in [-0.25, -0.2) is 0 Å². The molecule has 0 saturated heterocycles. The Labute approximate surface area is 141 Å². The van der Waals surface area contributed by atoms with Crippen LogP contribution in [0.5, 0.6) is 0 Å².